The van der Waals surface area contributed by atoms with E-state index in [9.17, 15) is 27.9 Å². The number of aliphatic hydroxyl groups is 1. The lowest BCUT2D eigenvalue weighted by molar-refractivity contribution is -0.362. The third kappa shape index (κ3) is 4.22. The maximum absolute atomic E-state index is 15.1. The van der Waals surface area contributed by atoms with Gasteiger partial charge in [0.25, 0.3) is 5.91 Å². The SMILES string of the molecule is C[C@]12C[C@H](c3ccc(C(=O)N4CCOCC4)cc3)C3=C4CCC(=O)C=C4CC[C@H]3[C@@H]1CC[C@@]2(O)C(F)(F)C(F)(F)F. The number of carbonyl (C=O) groups is 2. The lowest BCUT2D eigenvalue weighted by Crippen LogP contribution is -2.65. The number of hydrogen-bond acceptors (Lipinski definition) is 4. The Labute approximate surface area is 235 Å². The molecule has 1 N–H and O–H groups in total. The van der Waals surface area contributed by atoms with E-state index in [1.165, 1.54) is 6.92 Å². The van der Waals surface area contributed by atoms with Crippen molar-refractivity contribution in [2.75, 3.05) is 26.3 Å². The summed E-state index contributed by atoms with van der Waals surface area (Å²) in [5.41, 5.74) is -0.851. The Morgan fingerprint density at radius 1 is 1.02 bits per heavy atom. The van der Waals surface area contributed by atoms with Crippen LogP contribution < -0.4 is 0 Å². The normalized spacial score (nSPS) is 34.1. The van der Waals surface area contributed by atoms with E-state index in [1.54, 1.807) is 35.2 Å². The average Bonchev–Trinajstić information content (AvgIpc) is 3.23. The van der Waals surface area contributed by atoms with Crippen LogP contribution in [0.15, 0.2) is 47.1 Å². The number of rotatable bonds is 3. The monoisotopic (exact) mass is 579 g/mol. The molecule has 1 aromatic carbocycles. The van der Waals surface area contributed by atoms with Gasteiger partial charge in [-0.05, 0) is 85.3 Å². The molecule has 41 heavy (non-hydrogen) atoms. The van der Waals surface area contributed by atoms with Gasteiger partial charge < -0.3 is 14.7 Å². The van der Waals surface area contributed by atoms with Crippen molar-refractivity contribution in [3.63, 3.8) is 0 Å². The van der Waals surface area contributed by atoms with Gasteiger partial charge in [-0.15, -0.1) is 0 Å². The summed E-state index contributed by atoms with van der Waals surface area (Å²) in [7, 11) is 0. The molecule has 0 bridgehead atoms. The fourth-order valence-electron chi connectivity index (χ4n) is 8.52. The molecular weight excluding hydrogens is 545 g/mol. The number of fused-ring (bicyclic) bond motifs is 4. The second-order valence-corrected chi connectivity index (χ2v) is 12.5. The molecule has 1 amide bonds. The van der Waals surface area contributed by atoms with Crippen LogP contribution in [-0.4, -0.2) is 65.7 Å². The Morgan fingerprint density at radius 2 is 1.71 bits per heavy atom. The van der Waals surface area contributed by atoms with Crippen LogP contribution in [0.2, 0.25) is 0 Å². The number of hydrogen-bond donors (Lipinski definition) is 1. The van der Waals surface area contributed by atoms with Crippen LogP contribution in [-0.2, 0) is 9.53 Å². The first-order valence-corrected chi connectivity index (χ1v) is 14.4. The number of amides is 1. The van der Waals surface area contributed by atoms with Crippen LogP contribution in [0.3, 0.4) is 0 Å². The van der Waals surface area contributed by atoms with E-state index in [0.29, 0.717) is 63.1 Å². The largest absolute Gasteiger partial charge is 0.456 e. The summed E-state index contributed by atoms with van der Waals surface area (Å²) < 4.78 is 76.8. The summed E-state index contributed by atoms with van der Waals surface area (Å²) in [6.07, 6.45) is -2.99. The van der Waals surface area contributed by atoms with Gasteiger partial charge in [-0.25, -0.2) is 0 Å². The van der Waals surface area contributed by atoms with Gasteiger partial charge in [0.05, 0.1) is 13.2 Å². The van der Waals surface area contributed by atoms with Gasteiger partial charge in [-0.2, -0.15) is 22.0 Å². The van der Waals surface area contributed by atoms with Gasteiger partial charge in [0, 0.05) is 36.4 Å². The zero-order valence-electron chi connectivity index (χ0n) is 22.9. The molecule has 0 spiro atoms. The smallest absolute Gasteiger partial charge is 0.383 e. The highest BCUT2D eigenvalue weighted by Gasteiger charge is 2.79. The minimum absolute atomic E-state index is 0.0334. The van der Waals surface area contributed by atoms with Gasteiger partial charge in [0.2, 0.25) is 0 Å². The number of benzene rings is 1. The highest BCUT2D eigenvalue weighted by atomic mass is 19.4. The third-order valence-electron chi connectivity index (χ3n) is 10.6. The van der Waals surface area contributed by atoms with Gasteiger partial charge in [-0.3, -0.25) is 9.59 Å². The molecule has 6 rings (SSSR count). The molecule has 1 aliphatic heterocycles. The minimum atomic E-state index is -5.89. The maximum Gasteiger partial charge on any atom is 0.456 e. The first kappa shape index (κ1) is 28.5. The highest BCUT2D eigenvalue weighted by molar-refractivity contribution is 5.94. The second-order valence-electron chi connectivity index (χ2n) is 12.5. The summed E-state index contributed by atoms with van der Waals surface area (Å²) in [5, 5.41) is 11.4. The Hall–Kier alpha value is -2.59. The summed E-state index contributed by atoms with van der Waals surface area (Å²) in [6.45, 7) is 3.26. The molecule has 1 heterocycles. The van der Waals surface area contributed by atoms with Gasteiger partial charge in [-0.1, -0.05) is 24.6 Å². The van der Waals surface area contributed by atoms with Crippen molar-refractivity contribution in [3.8, 4) is 0 Å². The van der Waals surface area contributed by atoms with Crippen molar-refractivity contribution in [1.82, 2.24) is 4.90 Å². The van der Waals surface area contributed by atoms with E-state index >= 15 is 8.78 Å². The molecule has 0 radical (unpaired) electrons. The zero-order chi connectivity index (χ0) is 29.4. The van der Waals surface area contributed by atoms with Crippen LogP contribution in [0.1, 0.15) is 73.7 Å². The number of allylic oxidation sites excluding steroid dienone is 4. The molecule has 3 fully saturated rings. The molecule has 2 saturated carbocycles. The van der Waals surface area contributed by atoms with Gasteiger partial charge in [0.15, 0.2) is 5.78 Å². The fourth-order valence-corrected chi connectivity index (χ4v) is 8.52. The topological polar surface area (TPSA) is 66.8 Å². The van der Waals surface area contributed by atoms with Crippen molar-refractivity contribution >= 4 is 11.7 Å². The number of ketones is 1. The first-order valence-electron chi connectivity index (χ1n) is 14.4. The molecule has 1 aromatic rings. The highest BCUT2D eigenvalue weighted by Crippen LogP contribution is 2.70. The van der Waals surface area contributed by atoms with Gasteiger partial charge >= 0.3 is 12.1 Å². The van der Waals surface area contributed by atoms with Crippen molar-refractivity contribution in [2.24, 2.45) is 17.3 Å². The van der Waals surface area contributed by atoms with E-state index in [0.717, 1.165) is 16.7 Å². The minimum Gasteiger partial charge on any atom is -0.383 e. The number of morpholine rings is 1. The molecule has 222 valence electrons. The van der Waals surface area contributed by atoms with E-state index in [-0.39, 0.29) is 30.4 Å². The number of alkyl halides is 5. The lowest BCUT2D eigenvalue weighted by atomic mass is 9.50. The van der Waals surface area contributed by atoms with Gasteiger partial charge in [0.1, 0.15) is 5.60 Å². The second kappa shape index (κ2) is 9.73. The first-order chi connectivity index (χ1) is 19.3. The number of halogens is 5. The summed E-state index contributed by atoms with van der Waals surface area (Å²) in [5.74, 6) is -6.77. The molecule has 4 aliphatic carbocycles. The number of nitrogens with zero attached hydrogens (tertiary/aromatic N) is 1. The summed E-state index contributed by atoms with van der Waals surface area (Å²) >= 11 is 0. The quantitative estimate of drug-likeness (QED) is 0.447. The van der Waals surface area contributed by atoms with Crippen LogP contribution in [0.4, 0.5) is 22.0 Å². The third-order valence-corrected chi connectivity index (χ3v) is 10.6. The molecular formula is C31H34F5NO4. The zero-order valence-corrected chi connectivity index (χ0v) is 22.9. The average molecular weight is 580 g/mol. The van der Waals surface area contributed by atoms with Crippen molar-refractivity contribution in [2.45, 2.75) is 75.5 Å². The maximum atomic E-state index is 15.1. The summed E-state index contributed by atoms with van der Waals surface area (Å²) in [6, 6.07) is 6.87. The van der Waals surface area contributed by atoms with E-state index in [2.05, 4.69) is 0 Å². The van der Waals surface area contributed by atoms with Crippen LogP contribution in [0.5, 0.6) is 0 Å². The molecule has 0 aromatic heterocycles. The lowest BCUT2D eigenvalue weighted by Gasteiger charge is -2.56. The van der Waals surface area contributed by atoms with E-state index in [1.807, 2.05) is 0 Å². The van der Waals surface area contributed by atoms with Crippen molar-refractivity contribution in [3.05, 3.63) is 58.2 Å². The predicted molar refractivity (Wildman–Crippen MR) is 139 cm³/mol. The molecule has 5 atom stereocenters. The van der Waals surface area contributed by atoms with E-state index < -0.39 is 41.4 Å². The van der Waals surface area contributed by atoms with Crippen molar-refractivity contribution in [1.29, 1.82) is 0 Å². The van der Waals surface area contributed by atoms with Crippen molar-refractivity contribution < 1.29 is 41.4 Å². The molecule has 5 aliphatic rings. The Kier molecular flexibility index (Phi) is 6.77. The molecule has 1 saturated heterocycles. The Bertz CT molecular complexity index is 1310. The predicted octanol–water partition coefficient (Wildman–Crippen LogP) is 5.99. The Morgan fingerprint density at radius 3 is 2.37 bits per heavy atom. The molecule has 0 unspecified atom stereocenters. The fraction of sp³-hybridized carbons (Fsp3) is 0.613. The molecule has 10 heteroatoms. The molecule has 5 nitrogen and oxygen atoms in total. The number of ether oxygens (including phenoxy) is 1. The van der Waals surface area contributed by atoms with E-state index in [4.69, 9.17) is 4.74 Å². The van der Waals surface area contributed by atoms with Crippen LogP contribution in [0, 0.1) is 17.3 Å². The van der Waals surface area contributed by atoms with Crippen LogP contribution >= 0.6 is 0 Å². The summed E-state index contributed by atoms with van der Waals surface area (Å²) in [4.78, 5) is 26.9. The standard InChI is InChI=1S/C31H34F5NO4/c1-28-17-24(18-2-4-19(5-3-18)27(39)37-12-14-41-15-13-37)26-22-9-7-21(38)16-20(22)6-8-23(26)25(28)10-11-29(28,40)30(32,33)31(34,35)36/h2-5,16,23-25,40H,6-15,17H2,1H3/t23-,24+,25-,28-,29-/m0/s1. The van der Waals surface area contributed by atoms with Crippen LogP contribution in [0.25, 0.3) is 0 Å². The Balaban J connectivity index is 1.44. The number of carbonyl (C=O) groups excluding carboxylic acids is 2.